The quantitative estimate of drug-likeness (QED) is 0.167. The van der Waals surface area contributed by atoms with E-state index >= 15 is 0 Å². The average molecular weight is 542 g/mol. The van der Waals surface area contributed by atoms with Crippen LogP contribution in [0.25, 0.3) is 0 Å². The van der Waals surface area contributed by atoms with Gasteiger partial charge in [0.05, 0.1) is 12.2 Å². The normalized spacial score (nSPS) is 12.3. The van der Waals surface area contributed by atoms with Crippen LogP contribution in [0.4, 0.5) is 5.69 Å². The molecule has 0 fully saturated rings. The summed E-state index contributed by atoms with van der Waals surface area (Å²) in [6.45, 7) is -0.0246. The number of carbonyl (C=O) groups is 2. The number of amides is 2. The minimum Gasteiger partial charge on any atom is -0.483 e. The van der Waals surface area contributed by atoms with Crippen LogP contribution in [0.1, 0.15) is 27.0 Å². The molecule has 0 radical (unpaired) electrons. The van der Waals surface area contributed by atoms with Gasteiger partial charge in [-0.2, -0.15) is 0 Å². The molecular weight excluding hydrogens is 514 g/mol. The number of benzene rings is 3. The molecule has 0 saturated carbocycles. The van der Waals surface area contributed by atoms with Crippen molar-refractivity contribution in [3.8, 4) is 5.75 Å². The molecule has 37 heavy (non-hydrogen) atoms. The molecular formula is C26H28ClN5O4S. The van der Waals surface area contributed by atoms with Crippen molar-refractivity contribution < 1.29 is 18.5 Å². The van der Waals surface area contributed by atoms with E-state index in [1.54, 1.807) is 28.6 Å². The van der Waals surface area contributed by atoms with Gasteiger partial charge in [-0.05, 0) is 35.7 Å². The fourth-order valence-electron chi connectivity index (χ4n) is 3.48. The van der Waals surface area contributed by atoms with Gasteiger partial charge < -0.3 is 21.5 Å². The molecule has 0 spiro atoms. The third-order valence-corrected chi connectivity index (χ3v) is 6.75. The molecule has 1 unspecified atom stereocenters. The van der Waals surface area contributed by atoms with Crippen molar-refractivity contribution >= 4 is 50.5 Å². The third kappa shape index (κ3) is 7.73. The Morgan fingerprint density at radius 2 is 1.78 bits per heavy atom. The van der Waals surface area contributed by atoms with Gasteiger partial charge in [-0.15, -0.1) is 0 Å². The van der Waals surface area contributed by atoms with Crippen LogP contribution < -0.4 is 25.8 Å². The Balaban J connectivity index is 1.85. The zero-order chi connectivity index (χ0) is 27.2. The number of nitrogen functional groups attached to an aromatic ring is 1. The van der Waals surface area contributed by atoms with E-state index in [0.717, 1.165) is 5.56 Å². The highest BCUT2D eigenvalue weighted by Crippen LogP contribution is 2.27. The fourth-order valence-corrected chi connectivity index (χ4v) is 4.68. The number of anilines is 1. The van der Waals surface area contributed by atoms with Crippen LogP contribution in [0.3, 0.4) is 0 Å². The number of halogens is 1. The van der Waals surface area contributed by atoms with Gasteiger partial charge in [0.2, 0.25) is 0 Å². The van der Waals surface area contributed by atoms with Gasteiger partial charge in [0, 0.05) is 44.2 Å². The smallest absolute Gasteiger partial charge is 0.255 e. The molecule has 0 saturated heterocycles. The van der Waals surface area contributed by atoms with E-state index in [9.17, 15) is 13.8 Å². The molecule has 9 nitrogen and oxygen atoms in total. The molecule has 0 aliphatic rings. The van der Waals surface area contributed by atoms with E-state index in [2.05, 4.69) is 11.2 Å². The van der Waals surface area contributed by atoms with Crippen molar-refractivity contribution in [2.24, 2.45) is 11.5 Å². The number of amidine groups is 1. The molecule has 1 atom stereocenters. The van der Waals surface area contributed by atoms with E-state index in [1.165, 1.54) is 18.4 Å². The van der Waals surface area contributed by atoms with E-state index in [-0.39, 0.29) is 30.3 Å². The molecule has 0 aromatic heterocycles. The number of nitrogens with two attached hydrogens (primary N) is 2. The molecule has 3 aromatic carbocycles. The highest BCUT2D eigenvalue weighted by Gasteiger charge is 2.18. The molecule has 6 N–H and O–H groups in total. The van der Waals surface area contributed by atoms with E-state index in [0.29, 0.717) is 28.4 Å². The Morgan fingerprint density at radius 1 is 1.08 bits per heavy atom. The number of nitrogens with zero attached hydrogens (tertiary/aromatic N) is 1. The van der Waals surface area contributed by atoms with Crippen molar-refractivity contribution in [3.05, 3.63) is 94.0 Å². The zero-order valence-corrected chi connectivity index (χ0v) is 21.8. The monoisotopic (exact) mass is 541 g/mol. The summed E-state index contributed by atoms with van der Waals surface area (Å²) in [6, 6.07) is 18.9. The first kappa shape index (κ1) is 27.6. The second-order valence-electron chi connectivity index (χ2n) is 8.35. The largest absolute Gasteiger partial charge is 0.483 e. The van der Waals surface area contributed by atoms with Gasteiger partial charge >= 0.3 is 0 Å². The highest BCUT2D eigenvalue weighted by molar-refractivity contribution is 8.00. The lowest BCUT2D eigenvalue weighted by Crippen LogP contribution is -2.30. The summed E-state index contributed by atoms with van der Waals surface area (Å²) in [6.07, 6.45) is 1.52. The summed E-state index contributed by atoms with van der Waals surface area (Å²) in [5.41, 5.74) is 13.3. The molecule has 3 aromatic rings. The first-order chi connectivity index (χ1) is 17.4. The minimum atomic E-state index is -2.70. The molecule has 194 valence electrons. The predicted molar refractivity (Wildman–Crippen MR) is 149 cm³/mol. The first-order valence-electron chi connectivity index (χ1n) is 11.0. The topological polar surface area (TPSA) is 152 Å². The van der Waals surface area contributed by atoms with Gasteiger partial charge in [0.1, 0.15) is 11.6 Å². The van der Waals surface area contributed by atoms with Crippen LogP contribution in [0.15, 0.2) is 66.7 Å². The fraction of sp³-hybridized carbons (Fsp3) is 0.154. The predicted octanol–water partition coefficient (Wildman–Crippen LogP) is 2.69. The standard InChI is InChI=1S/C26H28ClN5O4S/c1-37(2,35)32(15-17-6-4-3-5-7-17)22-11-20(10-21(27)13-22)26(34)31-14-19-9-8-18(25(29)30)12-23(19)36-16-24(28)33/h3-13H,1,14-16H2,2H3,(H2,28,33)(H3,29,30)(H,31,34). The number of ether oxygens (including phenoxy) is 1. The van der Waals surface area contributed by atoms with E-state index < -0.39 is 21.5 Å². The van der Waals surface area contributed by atoms with Crippen molar-refractivity contribution in [2.75, 3.05) is 17.2 Å². The summed E-state index contributed by atoms with van der Waals surface area (Å²) >= 11 is 6.34. The number of rotatable bonds is 11. The first-order valence-corrected chi connectivity index (χ1v) is 13.5. The van der Waals surface area contributed by atoms with Crippen LogP contribution in [-0.2, 0) is 27.6 Å². The molecule has 0 heterocycles. The Kier molecular flexibility index (Phi) is 8.80. The van der Waals surface area contributed by atoms with Gasteiger partial charge in [-0.1, -0.05) is 54.1 Å². The van der Waals surface area contributed by atoms with Crippen molar-refractivity contribution in [1.29, 1.82) is 5.41 Å². The summed E-state index contributed by atoms with van der Waals surface area (Å²) in [4.78, 5) is 24.2. The number of hydrogen-bond donors (Lipinski definition) is 4. The van der Waals surface area contributed by atoms with Gasteiger partial charge in [0.15, 0.2) is 6.61 Å². The average Bonchev–Trinajstić information content (AvgIpc) is 2.84. The second kappa shape index (κ2) is 11.8. The second-order valence-corrected chi connectivity index (χ2v) is 11.1. The summed E-state index contributed by atoms with van der Waals surface area (Å²) in [5, 5.41) is 10.7. The summed E-state index contributed by atoms with van der Waals surface area (Å²) in [5.74, 6) is 2.79. The molecule has 2 amide bonds. The molecule has 0 aliphatic carbocycles. The number of primary amides is 1. The minimum absolute atomic E-state index is 0.0422. The summed E-state index contributed by atoms with van der Waals surface area (Å²) < 4.78 is 20.1. The van der Waals surface area contributed by atoms with E-state index in [1.807, 2.05) is 30.3 Å². The van der Waals surface area contributed by atoms with Crippen molar-refractivity contribution in [2.45, 2.75) is 13.1 Å². The van der Waals surface area contributed by atoms with Crippen LogP contribution in [0, 0.1) is 5.41 Å². The molecule has 11 heteroatoms. The molecule has 0 bridgehead atoms. The van der Waals surface area contributed by atoms with E-state index in [4.69, 9.17) is 33.2 Å². The third-order valence-electron chi connectivity index (χ3n) is 5.26. The Hall–Kier alpha value is -4.02. The van der Waals surface area contributed by atoms with Gasteiger partial charge in [-0.3, -0.25) is 19.3 Å². The SMILES string of the molecule is C=S(C)(=O)N(Cc1ccccc1)c1cc(Cl)cc(C(=O)NCc2ccc(C(=N)N)cc2OCC(N)=O)c1. The Labute approximate surface area is 221 Å². The van der Waals surface area contributed by atoms with Crippen molar-refractivity contribution in [1.82, 2.24) is 5.32 Å². The highest BCUT2D eigenvalue weighted by atomic mass is 35.5. The zero-order valence-electron chi connectivity index (χ0n) is 20.2. The Morgan fingerprint density at radius 3 is 2.41 bits per heavy atom. The summed E-state index contributed by atoms with van der Waals surface area (Å²) in [7, 11) is -2.70. The van der Waals surface area contributed by atoms with Crippen LogP contribution in [0.5, 0.6) is 5.75 Å². The number of nitrogens with one attached hydrogen (secondary N) is 2. The lowest BCUT2D eigenvalue weighted by atomic mass is 10.1. The lowest BCUT2D eigenvalue weighted by Gasteiger charge is -2.27. The van der Waals surface area contributed by atoms with Crippen molar-refractivity contribution in [3.63, 3.8) is 0 Å². The van der Waals surface area contributed by atoms with Crippen LogP contribution in [0.2, 0.25) is 5.02 Å². The maximum absolute atomic E-state index is 13.1. The van der Waals surface area contributed by atoms with Crippen LogP contribution >= 0.6 is 11.6 Å². The lowest BCUT2D eigenvalue weighted by molar-refractivity contribution is -0.119. The number of carbonyl (C=O) groups excluding carboxylic acids is 2. The van der Waals surface area contributed by atoms with Gasteiger partial charge in [0.25, 0.3) is 11.8 Å². The maximum atomic E-state index is 13.1. The Bertz CT molecular complexity index is 1430. The number of hydrogen-bond acceptors (Lipinski definition) is 5. The molecule has 0 aliphatic heterocycles. The molecule has 3 rings (SSSR count). The van der Waals surface area contributed by atoms with Gasteiger partial charge in [-0.25, -0.2) is 4.21 Å². The van der Waals surface area contributed by atoms with Crippen LogP contribution in [-0.4, -0.2) is 40.6 Å². The maximum Gasteiger partial charge on any atom is 0.255 e.